The Morgan fingerprint density at radius 2 is 1.66 bits per heavy atom. The van der Waals surface area contributed by atoms with Crippen molar-refractivity contribution in [2.45, 2.75) is 39.5 Å². The van der Waals surface area contributed by atoms with E-state index in [2.05, 4.69) is 36.4 Å². The lowest BCUT2D eigenvalue weighted by atomic mass is 9.92. The van der Waals surface area contributed by atoms with Gasteiger partial charge in [-0.2, -0.15) is 5.10 Å². The second-order valence-electron chi connectivity index (χ2n) is 10.6. The van der Waals surface area contributed by atoms with Gasteiger partial charge in [0.15, 0.2) is 5.78 Å². The van der Waals surface area contributed by atoms with Gasteiger partial charge in [-0.25, -0.2) is 9.48 Å². The third kappa shape index (κ3) is 7.70. The smallest absolute Gasteiger partial charge is 0.324 e. The second-order valence-corrected chi connectivity index (χ2v) is 10.6. The Hall–Kier alpha value is -4.70. The molecule has 0 aliphatic heterocycles. The van der Waals surface area contributed by atoms with Crippen LogP contribution in [0.2, 0.25) is 0 Å². The van der Waals surface area contributed by atoms with Gasteiger partial charge in [0.05, 0.1) is 36.3 Å². The number of carbonyl (C=O) groups is 2. The van der Waals surface area contributed by atoms with Crippen molar-refractivity contribution in [2.24, 2.45) is 0 Å². The molecule has 2 N–H and O–H groups in total. The van der Waals surface area contributed by atoms with E-state index >= 15 is 0 Å². The van der Waals surface area contributed by atoms with Crippen LogP contribution in [0.1, 0.15) is 37.7 Å². The monoisotopic (exact) mass is 557 g/mol. The summed E-state index contributed by atoms with van der Waals surface area (Å²) in [7, 11) is 2.99. The number of rotatable bonds is 10. The largest absolute Gasteiger partial charge is 0.494 e. The van der Waals surface area contributed by atoms with Crippen LogP contribution < -0.4 is 20.1 Å². The van der Waals surface area contributed by atoms with E-state index in [1.165, 1.54) is 14.2 Å². The number of carbonyl (C=O) groups excluding carboxylic acids is 2. The first-order valence-electron chi connectivity index (χ1n) is 13.1. The molecule has 2 heterocycles. The molecule has 0 bridgehead atoms. The predicted octanol–water partition coefficient (Wildman–Crippen LogP) is 6.08. The SMILES string of the molecule is COCC(=O)Cc1cc(Oc2ccc(NC(=O)Nc3cc(C(C)(C)C)nn3-c3ccc(C)cc3)c(OC)c2)ccn1. The van der Waals surface area contributed by atoms with E-state index in [9.17, 15) is 9.59 Å². The van der Waals surface area contributed by atoms with Gasteiger partial charge in [0.25, 0.3) is 0 Å². The number of pyridine rings is 1. The van der Waals surface area contributed by atoms with Gasteiger partial charge in [0, 0.05) is 36.9 Å². The molecule has 10 heteroatoms. The maximum Gasteiger partial charge on any atom is 0.324 e. The maximum absolute atomic E-state index is 13.1. The topological polar surface area (TPSA) is 117 Å². The van der Waals surface area contributed by atoms with Crippen molar-refractivity contribution in [1.29, 1.82) is 0 Å². The van der Waals surface area contributed by atoms with Gasteiger partial charge >= 0.3 is 6.03 Å². The first-order chi connectivity index (χ1) is 19.5. The molecule has 0 aliphatic carbocycles. The molecule has 0 aliphatic rings. The Morgan fingerprint density at radius 3 is 2.34 bits per heavy atom. The molecular formula is C31H35N5O5. The Balaban J connectivity index is 1.49. The number of aryl methyl sites for hydroxylation is 1. The van der Waals surface area contributed by atoms with Crippen LogP contribution in [0.4, 0.5) is 16.3 Å². The van der Waals surface area contributed by atoms with Crippen molar-refractivity contribution in [3.63, 3.8) is 0 Å². The molecule has 0 saturated carbocycles. The minimum absolute atomic E-state index is 0.0258. The highest BCUT2D eigenvalue weighted by atomic mass is 16.5. The molecule has 10 nitrogen and oxygen atoms in total. The lowest BCUT2D eigenvalue weighted by molar-refractivity contribution is -0.122. The third-order valence-corrected chi connectivity index (χ3v) is 6.13. The highest BCUT2D eigenvalue weighted by Gasteiger charge is 2.22. The lowest BCUT2D eigenvalue weighted by Crippen LogP contribution is -2.21. The van der Waals surface area contributed by atoms with Crippen LogP contribution in [0, 0.1) is 6.92 Å². The second kappa shape index (κ2) is 12.6. The molecule has 41 heavy (non-hydrogen) atoms. The Bertz CT molecular complexity index is 1520. The summed E-state index contributed by atoms with van der Waals surface area (Å²) in [6, 6.07) is 17.8. The highest BCUT2D eigenvalue weighted by Crippen LogP contribution is 2.32. The molecule has 2 amide bonds. The van der Waals surface area contributed by atoms with Gasteiger partial charge < -0.3 is 19.5 Å². The fraction of sp³-hybridized carbons (Fsp3) is 0.290. The van der Waals surface area contributed by atoms with Crippen LogP contribution in [0.5, 0.6) is 17.2 Å². The summed E-state index contributed by atoms with van der Waals surface area (Å²) >= 11 is 0. The standard InChI is InChI=1S/C31H35N5O5/c1-20-7-9-22(10-8-20)36-29(18-28(35-36)31(2,3)4)34-30(38)33-26-12-11-24(17-27(26)40-6)41-25-13-14-32-21(16-25)15-23(37)19-39-5/h7-14,16-18H,15,19H2,1-6H3,(H2,33,34,38). The number of nitrogens with one attached hydrogen (secondary N) is 2. The van der Waals surface area contributed by atoms with Gasteiger partial charge in [0.1, 0.15) is 29.7 Å². The molecule has 0 atom stereocenters. The van der Waals surface area contributed by atoms with Crippen LogP contribution in [0.3, 0.4) is 0 Å². The van der Waals surface area contributed by atoms with Crippen molar-refractivity contribution >= 4 is 23.3 Å². The van der Waals surface area contributed by atoms with E-state index in [0.29, 0.717) is 34.4 Å². The van der Waals surface area contributed by atoms with Crippen molar-refractivity contribution < 1.29 is 23.8 Å². The minimum Gasteiger partial charge on any atom is -0.494 e. The number of nitrogens with zero attached hydrogens (tertiary/aromatic N) is 3. The van der Waals surface area contributed by atoms with Crippen molar-refractivity contribution in [3.05, 3.63) is 83.8 Å². The Kier molecular flexibility index (Phi) is 9.04. The average molecular weight is 558 g/mol. The number of hydrogen-bond donors (Lipinski definition) is 2. The molecule has 0 fully saturated rings. The summed E-state index contributed by atoms with van der Waals surface area (Å²) in [5.41, 5.74) is 3.63. The maximum atomic E-state index is 13.1. The van der Waals surface area contributed by atoms with Crippen molar-refractivity contribution in [3.8, 4) is 22.9 Å². The number of urea groups is 1. The zero-order valence-electron chi connectivity index (χ0n) is 24.1. The first kappa shape index (κ1) is 29.3. The number of ether oxygens (including phenoxy) is 3. The Labute approximate surface area is 239 Å². The fourth-order valence-electron chi connectivity index (χ4n) is 3.99. The molecule has 2 aromatic carbocycles. The average Bonchev–Trinajstić information content (AvgIpc) is 3.34. The van der Waals surface area contributed by atoms with Crippen LogP contribution in [0.15, 0.2) is 66.9 Å². The van der Waals surface area contributed by atoms with Gasteiger partial charge in [-0.3, -0.25) is 15.1 Å². The van der Waals surface area contributed by atoms with E-state index in [-0.39, 0.29) is 24.2 Å². The molecule has 0 radical (unpaired) electrons. The zero-order valence-corrected chi connectivity index (χ0v) is 24.1. The minimum atomic E-state index is -0.454. The van der Waals surface area contributed by atoms with E-state index in [1.54, 1.807) is 41.2 Å². The number of benzene rings is 2. The van der Waals surface area contributed by atoms with E-state index < -0.39 is 6.03 Å². The fourth-order valence-corrected chi connectivity index (χ4v) is 3.99. The van der Waals surface area contributed by atoms with Gasteiger partial charge in [0.2, 0.25) is 0 Å². The summed E-state index contributed by atoms with van der Waals surface area (Å²) < 4.78 is 18.1. The Morgan fingerprint density at radius 1 is 0.927 bits per heavy atom. The van der Waals surface area contributed by atoms with E-state index in [0.717, 1.165) is 16.9 Å². The number of methoxy groups -OCH3 is 2. The number of aromatic nitrogens is 3. The molecule has 2 aromatic heterocycles. The quantitative estimate of drug-likeness (QED) is 0.243. The first-order valence-corrected chi connectivity index (χ1v) is 13.1. The summed E-state index contributed by atoms with van der Waals surface area (Å²) in [5.74, 6) is 1.86. The number of amides is 2. The van der Waals surface area contributed by atoms with Crippen LogP contribution in [-0.2, 0) is 21.4 Å². The number of Topliss-reactive ketones (excluding diaryl/α,β-unsaturated/α-hetero) is 1. The molecule has 0 saturated heterocycles. The van der Waals surface area contributed by atoms with Gasteiger partial charge in [-0.05, 0) is 37.3 Å². The molecule has 4 aromatic rings. The van der Waals surface area contributed by atoms with Crippen LogP contribution in [0.25, 0.3) is 5.69 Å². The zero-order chi connectivity index (χ0) is 29.6. The number of hydrogen-bond acceptors (Lipinski definition) is 7. The van der Waals surface area contributed by atoms with Crippen LogP contribution in [-0.4, -0.2) is 47.4 Å². The van der Waals surface area contributed by atoms with Gasteiger partial charge in [-0.1, -0.05) is 38.5 Å². The molecule has 4 rings (SSSR count). The predicted molar refractivity (Wildman–Crippen MR) is 158 cm³/mol. The van der Waals surface area contributed by atoms with Crippen molar-refractivity contribution in [2.75, 3.05) is 31.5 Å². The third-order valence-electron chi connectivity index (χ3n) is 6.13. The summed E-state index contributed by atoms with van der Waals surface area (Å²) in [4.78, 5) is 29.2. The molecular weight excluding hydrogens is 522 g/mol. The lowest BCUT2D eigenvalue weighted by Gasteiger charge is -2.14. The van der Waals surface area contributed by atoms with Gasteiger partial charge in [-0.15, -0.1) is 0 Å². The summed E-state index contributed by atoms with van der Waals surface area (Å²) in [5, 5.41) is 10.5. The number of ketones is 1. The number of anilines is 2. The highest BCUT2D eigenvalue weighted by molar-refractivity contribution is 6.00. The van der Waals surface area contributed by atoms with Crippen LogP contribution >= 0.6 is 0 Å². The van der Waals surface area contributed by atoms with E-state index in [1.807, 2.05) is 37.3 Å². The summed E-state index contributed by atoms with van der Waals surface area (Å²) in [6.45, 7) is 8.26. The van der Waals surface area contributed by atoms with E-state index in [4.69, 9.17) is 19.3 Å². The summed E-state index contributed by atoms with van der Waals surface area (Å²) in [6.07, 6.45) is 1.72. The van der Waals surface area contributed by atoms with Crippen molar-refractivity contribution in [1.82, 2.24) is 14.8 Å². The molecule has 0 spiro atoms. The molecule has 214 valence electrons. The molecule has 0 unspecified atom stereocenters. The normalized spacial score (nSPS) is 11.2.